The van der Waals surface area contributed by atoms with Gasteiger partial charge in [0.2, 0.25) is 5.78 Å². The highest BCUT2D eigenvalue weighted by atomic mass is 32.1. The molecular formula is C32H40N2O8S. The van der Waals surface area contributed by atoms with Crippen LogP contribution in [0.4, 0.5) is 4.79 Å². The van der Waals surface area contributed by atoms with E-state index in [2.05, 4.69) is 5.32 Å². The number of nitrogens with two attached hydrogens (primary N) is 1. The van der Waals surface area contributed by atoms with E-state index in [-0.39, 0.29) is 29.4 Å². The maximum atomic E-state index is 13.7. The van der Waals surface area contributed by atoms with Crippen LogP contribution >= 0.6 is 11.3 Å². The molecule has 6 atom stereocenters. The van der Waals surface area contributed by atoms with Gasteiger partial charge in [-0.15, -0.1) is 11.3 Å². The summed E-state index contributed by atoms with van der Waals surface area (Å²) < 4.78 is 16.6. The van der Waals surface area contributed by atoms with Crippen molar-refractivity contribution in [1.82, 2.24) is 5.32 Å². The van der Waals surface area contributed by atoms with Crippen LogP contribution in [0.25, 0.3) is 5.57 Å². The number of carbonyl (C=O) groups is 4. The lowest BCUT2D eigenvalue weighted by molar-refractivity contribution is -0.119. The SMILES string of the molecule is CO[C@@H]1/C=C\C=C(\C)C(=O)NC2=CC(=O)C(c3cccs3)=C(C[C@@H](C)C[C@@H](OC)[C@@H](O)[C@@H](C)/C=C(/C)[C@H]1OC(N)=O)C2=O. The second-order valence-electron chi connectivity index (χ2n) is 10.9. The van der Waals surface area contributed by atoms with Gasteiger partial charge in [0, 0.05) is 47.8 Å². The van der Waals surface area contributed by atoms with Crippen molar-refractivity contribution in [2.24, 2.45) is 17.6 Å². The Balaban J connectivity index is 2.11. The van der Waals surface area contributed by atoms with Gasteiger partial charge in [-0.3, -0.25) is 14.4 Å². The molecule has 2 heterocycles. The Hall–Kier alpha value is -3.64. The summed E-state index contributed by atoms with van der Waals surface area (Å²) in [7, 11) is 2.94. The zero-order valence-electron chi connectivity index (χ0n) is 25.3. The topological polar surface area (TPSA) is 154 Å². The van der Waals surface area contributed by atoms with E-state index in [1.54, 1.807) is 38.1 Å². The lowest BCUT2D eigenvalue weighted by atomic mass is 9.83. The van der Waals surface area contributed by atoms with Gasteiger partial charge in [0.15, 0.2) is 11.9 Å². The van der Waals surface area contributed by atoms with Crippen molar-refractivity contribution in [3.05, 3.63) is 75.2 Å². The molecule has 10 nitrogen and oxygen atoms in total. The van der Waals surface area contributed by atoms with Crippen LogP contribution in [-0.4, -0.2) is 67.3 Å². The first-order chi connectivity index (χ1) is 20.4. The number of aliphatic hydroxyl groups is 1. The molecule has 43 heavy (non-hydrogen) atoms. The summed E-state index contributed by atoms with van der Waals surface area (Å²) in [5.41, 5.74) is 6.72. The number of methoxy groups -OCH3 is 2. The lowest BCUT2D eigenvalue weighted by Crippen LogP contribution is -2.37. The highest BCUT2D eigenvalue weighted by Gasteiger charge is 2.34. The molecule has 4 N–H and O–H groups in total. The smallest absolute Gasteiger partial charge is 0.405 e. The van der Waals surface area contributed by atoms with Crippen molar-refractivity contribution >= 4 is 40.5 Å². The third-order valence-electron chi connectivity index (χ3n) is 7.56. The summed E-state index contributed by atoms with van der Waals surface area (Å²) in [5.74, 6) is -1.99. The Labute approximate surface area is 256 Å². The maximum absolute atomic E-state index is 13.7. The van der Waals surface area contributed by atoms with Gasteiger partial charge in [-0.1, -0.05) is 44.2 Å². The molecule has 0 unspecified atom stereocenters. The summed E-state index contributed by atoms with van der Waals surface area (Å²) >= 11 is 1.35. The van der Waals surface area contributed by atoms with Crippen molar-refractivity contribution in [3.63, 3.8) is 0 Å². The van der Waals surface area contributed by atoms with Gasteiger partial charge in [-0.2, -0.15) is 0 Å². The van der Waals surface area contributed by atoms with Crippen molar-refractivity contribution in [2.45, 2.75) is 65.0 Å². The standard InChI is InChI=1S/C32H40N2O8S/c1-17-13-21-27(26-11-8-12-43-26)23(35)16-22(29(21)37)34-31(38)18(2)9-7-10-24(40-5)30(42-32(33)39)20(4)15-19(3)28(36)25(14-17)41-6/h7-12,15-17,19,24-25,28,30,36H,13-14H2,1-6H3,(H2,33,39)(H,34,38)/b10-7-,18-9-,20-15-/t17-,19+,24-,25-,28+,30-/m1/s1. The first kappa shape index (κ1) is 33.9. The van der Waals surface area contributed by atoms with E-state index >= 15 is 0 Å². The molecule has 0 saturated heterocycles. The second-order valence-corrected chi connectivity index (χ2v) is 11.9. The Kier molecular flexibility index (Phi) is 12.0. The summed E-state index contributed by atoms with van der Waals surface area (Å²) in [6, 6.07) is 3.59. The van der Waals surface area contributed by atoms with E-state index in [1.807, 2.05) is 25.3 Å². The Morgan fingerprint density at radius 3 is 2.47 bits per heavy atom. The predicted molar refractivity (Wildman–Crippen MR) is 164 cm³/mol. The number of ketones is 2. The van der Waals surface area contributed by atoms with E-state index in [4.69, 9.17) is 19.9 Å². The summed E-state index contributed by atoms with van der Waals surface area (Å²) in [6.07, 6.45) is 3.95. The van der Waals surface area contributed by atoms with Crippen LogP contribution in [0, 0.1) is 11.8 Å². The van der Waals surface area contributed by atoms with Crippen molar-refractivity contribution in [3.8, 4) is 0 Å². The number of fused-ring (bicyclic) bond motifs is 2. The molecule has 1 aliphatic heterocycles. The summed E-state index contributed by atoms with van der Waals surface area (Å²) in [5, 5.41) is 15.7. The third kappa shape index (κ3) is 8.47. The van der Waals surface area contributed by atoms with Gasteiger partial charge >= 0.3 is 6.09 Å². The monoisotopic (exact) mass is 612 g/mol. The Morgan fingerprint density at radius 2 is 1.86 bits per heavy atom. The van der Waals surface area contributed by atoms with Crippen molar-refractivity contribution in [2.75, 3.05) is 14.2 Å². The zero-order chi connectivity index (χ0) is 31.8. The fourth-order valence-electron chi connectivity index (χ4n) is 5.28. The number of rotatable bonds is 4. The molecular weight excluding hydrogens is 572 g/mol. The first-order valence-corrected chi connectivity index (χ1v) is 14.9. The van der Waals surface area contributed by atoms with Crippen LogP contribution in [0.1, 0.15) is 45.4 Å². The molecule has 0 radical (unpaired) electrons. The molecule has 0 fully saturated rings. The van der Waals surface area contributed by atoms with Gasteiger partial charge in [-0.25, -0.2) is 4.79 Å². The molecule has 1 aliphatic carbocycles. The molecule has 0 saturated carbocycles. The number of nitrogens with one attached hydrogen (secondary N) is 1. The fraction of sp³-hybridized carbons (Fsp3) is 0.438. The average molecular weight is 613 g/mol. The molecule has 1 aromatic rings. The van der Waals surface area contributed by atoms with Gasteiger partial charge in [-0.05, 0) is 49.6 Å². The molecule has 232 valence electrons. The van der Waals surface area contributed by atoms with Gasteiger partial charge in [0.05, 0.1) is 17.9 Å². The predicted octanol–water partition coefficient (Wildman–Crippen LogP) is 4.02. The highest BCUT2D eigenvalue weighted by molar-refractivity contribution is 7.11. The Bertz CT molecular complexity index is 1370. The lowest BCUT2D eigenvalue weighted by Gasteiger charge is -2.30. The van der Waals surface area contributed by atoms with Gasteiger partial charge < -0.3 is 30.4 Å². The number of thiophene rings is 1. The van der Waals surface area contributed by atoms with Gasteiger partial charge in [0.25, 0.3) is 5.91 Å². The zero-order valence-corrected chi connectivity index (χ0v) is 26.1. The largest absolute Gasteiger partial charge is 0.439 e. The summed E-state index contributed by atoms with van der Waals surface area (Å²) in [4.78, 5) is 52.6. The number of ether oxygens (including phenoxy) is 3. The highest BCUT2D eigenvalue weighted by Crippen LogP contribution is 2.35. The molecule has 3 rings (SSSR count). The van der Waals surface area contributed by atoms with Crippen LogP contribution in [0.2, 0.25) is 0 Å². The first-order valence-electron chi connectivity index (χ1n) is 14.0. The minimum atomic E-state index is -0.996. The summed E-state index contributed by atoms with van der Waals surface area (Å²) in [6.45, 7) is 7.03. The molecule has 0 spiro atoms. The van der Waals surface area contributed by atoms with Crippen LogP contribution in [0.5, 0.6) is 0 Å². The van der Waals surface area contributed by atoms with Crippen molar-refractivity contribution < 1.29 is 38.5 Å². The second kappa shape index (κ2) is 15.2. The molecule has 2 amide bonds. The Morgan fingerprint density at radius 1 is 1.14 bits per heavy atom. The molecule has 2 bridgehead atoms. The van der Waals surface area contributed by atoms with Crippen LogP contribution in [0.3, 0.4) is 0 Å². The van der Waals surface area contributed by atoms with Crippen molar-refractivity contribution in [1.29, 1.82) is 0 Å². The molecule has 2 aliphatic rings. The van der Waals surface area contributed by atoms with E-state index in [1.165, 1.54) is 37.7 Å². The number of amides is 2. The molecule has 11 heteroatoms. The minimum absolute atomic E-state index is 0.103. The maximum Gasteiger partial charge on any atom is 0.405 e. The number of aliphatic hydroxyl groups excluding tert-OH is 1. The third-order valence-corrected chi connectivity index (χ3v) is 8.45. The number of hydrogen-bond donors (Lipinski definition) is 3. The van der Waals surface area contributed by atoms with E-state index in [0.717, 1.165) is 0 Å². The molecule has 1 aromatic heterocycles. The minimum Gasteiger partial charge on any atom is -0.439 e. The van der Waals surface area contributed by atoms with Crippen LogP contribution < -0.4 is 11.1 Å². The van der Waals surface area contributed by atoms with E-state index < -0.39 is 48.1 Å². The number of Topliss-reactive ketones (excluding diaryl/α,β-unsaturated/α-hetero) is 1. The van der Waals surface area contributed by atoms with Gasteiger partial charge in [0.1, 0.15) is 6.10 Å². The number of hydrogen-bond acceptors (Lipinski definition) is 9. The fourth-order valence-corrected chi connectivity index (χ4v) is 6.08. The van der Waals surface area contributed by atoms with E-state index in [0.29, 0.717) is 28.0 Å². The molecule has 0 aromatic carbocycles. The van der Waals surface area contributed by atoms with Crippen LogP contribution in [-0.2, 0) is 28.6 Å². The average Bonchev–Trinajstić information content (AvgIpc) is 3.48. The normalized spacial score (nSPS) is 31.3. The number of allylic oxidation sites excluding steroid dienone is 5. The van der Waals surface area contributed by atoms with Crippen LogP contribution in [0.15, 0.2) is 70.3 Å². The number of primary amides is 1. The van der Waals surface area contributed by atoms with E-state index in [9.17, 15) is 24.3 Å². The quantitative estimate of drug-likeness (QED) is 0.340. The number of carbonyl (C=O) groups excluding carboxylic acids is 4.